The highest BCUT2D eigenvalue weighted by atomic mass is 16.3. The molecule has 0 unspecified atom stereocenters. The van der Waals surface area contributed by atoms with Crippen molar-refractivity contribution in [2.24, 2.45) is 0 Å². The predicted octanol–water partition coefficient (Wildman–Crippen LogP) is 2.43. The lowest BCUT2D eigenvalue weighted by Gasteiger charge is -2.12. The summed E-state index contributed by atoms with van der Waals surface area (Å²) in [6, 6.07) is 9.34. The molecule has 2 rings (SSSR count). The zero-order valence-corrected chi connectivity index (χ0v) is 9.67. The number of aromatic nitrogens is 1. The largest absolute Gasteiger partial charge is 0.506 e. The van der Waals surface area contributed by atoms with Crippen molar-refractivity contribution in [3.05, 3.63) is 59.4 Å². The van der Waals surface area contributed by atoms with E-state index in [9.17, 15) is 10.2 Å². The second-order valence-corrected chi connectivity index (χ2v) is 3.93. The molecule has 0 fully saturated rings. The lowest BCUT2D eigenvalue weighted by molar-refractivity contribution is 0.215. The minimum Gasteiger partial charge on any atom is -0.506 e. The highest BCUT2D eigenvalue weighted by Crippen LogP contribution is 2.28. The topological polar surface area (TPSA) is 53.4 Å². The molecular formula is C14H15NO2. The van der Waals surface area contributed by atoms with Gasteiger partial charge in [-0.25, -0.2) is 0 Å². The average molecular weight is 229 g/mol. The van der Waals surface area contributed by atoms with Crippen molar-refractivity contribution in [2.45, 2.75) is 19.4 Å². The molecular weight excluding hydrogens is 214 g/mol. The van der Waals surface area contributed by atoms with E-state index in [1.165, 1.54) is 11.8 Å². The van der Waals surface area contributed by atoms with Crippen molar-refractivity contribution >= 4 is 0 Å². The number of aliphatic hydroxyl groups excluding tert-OH is 1. The monoisotopic (exact) mass is 229 g/mol. The first-order chi connectivity index (χ1) is 8.22. The number of benzene rings is 1. The molecule has 1 aromatic heterocycles. The Morgan fingerprint density at radius 2 is 1.88 bits per heavy atom. The van der Waals surface area contributed by atoms with Gasteiger partial charge in [0.1, 0.15) is 11.9 Å². The Kier molecular flexibility index (Phi) is 3.40. The normalized spacial score (nSPS) is 12.4. The standard InChI is InChI=1S/C14H15NO2/c1-2-10-3-5-11(6-4-10)14(17)12-7-8-15-9-13(12)16/h3-9,14,16-17H,2H2,1H3/t14-/m1/s1. The van der Waals surface area contributed by atoms with Crippen LogP contribution in [0.2, 0.25) is 0 Å². The van der Waals surface area contributed by atoms with Crippen LogP contribution in [0, 0.1) is 0 Å². The Balaban J connectivity index is 2.30. The number of nitrogens with zero attached hydrogens (tertiary/aromatic N) is 1. The molecule has 1 aromatic carbocycles. The molecule has 0 bridgehead atoms. The summed E-state index contributed by atoms with van der Waals surface area (Å²) in [4.78, 5) is 3.79. The van der Waals surface area contributed by atoms with Gasteiger partial charge in [-0.2, -0.15) is 0 Å². The summed E-state index contributed by atoms with van der Waals surface area (Å²) in [6.07, 6.45) is 3.04. The smallest absolute Gasteiger partial charge is 0.140 e. The van der Waals surface area contributed by atoms with E-state index in [1.54, 1.807) is 12.3 Å². The zero-order valence-electron chi connectivity index (χ0n) is 9.67. The summed E-state index contributed by atoms with van der Waals surface area (Å²) in [5.41, 5.74) is 2.47. The zero-order chi connectivity index (χ0) is 12.3. The quantitative estimate of drug-likeness (QED) is 0.849. The van der Waals surface area contributed by atoms with E-state index >= 15 is 0 Å². The van der Waals surface area contributed by atoms with Crippen LogP contribution in [0.3, 0.4) is 0 Å². The molecule has 0 aliphatic heterocycles. The van der Waals surface area contributed by atoms with Gasteiger partial charge in [-0.1, -0.05) is 31.2 Å². The average Bonchev–Trinajstić information content (AvgIpc) is 2.39. The molecule has 3 heteroatoms. The Hall–Kier alpha value is -1.87. The van der Waals surface area contributed by atoms with Gasteiger partial charge in [0.2, 0.25) is 0 Å². The Morgan fingerprint density at radius 3 is 2.47 bits per heavy atom. The number of aliphatic hydroxyl groups is 1. The Morgan fingerprint density at radius 1 is 1.18 bits per heavy atom. The molecule has 0 aliphatic rings. The highest BCUT2D eigenvalue weighted by Gasteiger charge is 2.13. The third-order valence-corrected chi connectivity index (χ3v) is 2.83. The number of aryl methyl sites for hydroxylation is 1. The van der Waals surface area contributed by atoms with Crippen LogP contribution in [-0.2, 0) is 6.42 Å². The number of hydrogen-bond acceptors (Lipinski definition) is 3. The van der Waals surface area contributed by atoms with E-state index in [0.29, 0.717) is 5.56 Å². The lowest BCUT2D eigenvalue weighted by atomic mass is 10.0. The van der Waals surface area contributed by atoms with Crippen LogP contribution in [0.4, 0.5) is 0 Å². The summed E-state index contributed by atoms with van der Waals surface area (Å²) in [5.74, 6) is 0.0135. The van der Waals surface area contributed by atoms with Gasteiger partial charge < -0.3 is 10.2 Å². The third-order valence-electron chi connectivity index (χ3n) is 2.83. The fourth-order valence-electron chi connectivity index (χ4n) is 1.74. The molecule has 0 saturated heterocycles. The maximum Gasteiger partial charge on any atom is 0.140 e. The van der Waals surface area contributed by atoms with E-state index in [-0.39, 0.29) is 5.75 Å². The van der Waals surface area contributed by atoms with E-state index in [2.05, 4.69) is 11.9 Å². The second-order valence-electron chi connectivity index (χ2n) is 3.93. The van der Waals surface area contributed by atoms with Gasteiger partial charge in [0.25, 0.3) is 0 Å². The molecule has 0 amide bonds. The second kappa shape index (κ2) is 4.97. The number of aromatic hydroxyl groups is 1. The Labute approximate surface area is 100 Å². The fourth-order valence-corrected chi connectivity index (χ4v) is 1.74. The number of rotatable bonds is 3. The molecule has 88 valence electrons. The highest BCUT2D eigenvalue weighted by molar-refractivity contribution is 5.37. The van der Waals surface area contributed by atoms with Crippen LogP contribution in [0.5, 0.6) is 5.75 Å². The summed E-state index contributed by atoms with van der Waals surface area (Å²) in [5, 5.41) is 19.8. The van der Waals surface area contributed by atoms with Crippen molar-refractivity contribution in [3.8, 4) is 5.75 Å². The van der Waals surface area contributed by atoms with Gasteiger partial charge in [-0.15, -0.1) is 0 Å². The van der Waals surface area contributed by atoms with Crippen LogP contribution >= 0.6 is 0 Å². The summed E-state index contributed by atoms with van der Waals surface area (Å²) < 4.78 is 0. The number of pyridine rings is 1. The molecule has 2 aromatic rings. The van der Waals surface area contributed by atoms with Gasteiger partial charge in [0.05, 0.1) is 6.20 Å². The van der Waals surface area contributed by atoms with E-state index in [4.69, 9.17) is 0 Å². The molecule has 0 spiro atoms. The van der Waals surface area contributed by atoms with E-state index in [1.807, 2.05) is 24.3 Å². The van der Waals surface area contributed by atoms with Crippen LogP contribution in [0.25, 0.3) is 0 Å². The Bertz CT molecular complexity index is 494. The summed E-state index contributed by atoms with van der Waals surface area (Å²) in [6.45, 7) is 2.08. The molecule has 0 saturated carbocycles. The molecule has 3 nitrogen and oxygen atoms in total. The van der Waals surface area contributed by atoms with Gasteiger partial charge >= 0.3 is 0 Å². The SMILES string of the molecule is CCc1ccc([C@@H](O)c2ccncc2O)cc1. The van der Waals surface area contributed by atoms with Crippen molar-refractivity contribution < 1.29 is 10.2 Å². The van der Waals surface area contributed by atoms with Gasteiger partial charge in [-0.3, -0.25) is 4.98 Å². The van der Waals surface area contributed by atoms with Crippen LogP contribution in [-0.4, -0.2) is 15.2 Å². The number of hydrogen-bond donors (Lipinski definition) is 2. The van der Waals surface area contributed by atoms with Crippen molar-refractivity contribution in [1.82, 2.24) is 4.98 Å². The maximum atomic E-state index is 10.1. The van der Waals surface area contributed by atoms with Crippen LogP contribution in [0.1, 0.15) is 29.7 Å². The first-order valence-electron chi connectivity index (χ1n) is 5.62. The van der Waals surface area contributed by atoms with Crippen LogP contribution in [0.15, 0.2) is 42.7 Å². The van der Waals surface area contributed by atoms with Crippen molar-refractivity contribution in [3.63, 3.8) is 0 Å². The molecule has 1 heterocycles. The minimum absolute atomic E-state index is 0.0135. The van der Waals surface area contributed by atoms with Gasteiger partial charge in [0, 0.05) is 11.8 Å². The molecule has 17 heavy (non-hydrogen) atoms. The molecule has 0 aliphatic carbocycles. The fraction of sp³-hybridized carbons (Fsp3) is 0.214. The first kappa shape index (κ1) is 11.6. The first-order valence-corrected chi connectivity index (χ1v) is 5.62. The summed E-state index contributed by atoms with van der Waals surface area (Å²) >= 11 is 0. The summed E-state index contributed by atoms with van der Waals surface area (Å²) in [7, 11) is 0. The van der Waals surface area contributed by atoms with Crippen LogP contribution < -0.4 is 0 Å². The van der Waals surface area contributed by atoms with Gasteiger partial charge in [0.15, 0.2) is 0 Å². The van der Waals surface area contributed by atoms with E-state index < -0.39 is 6.10 Å². The van der Waals surface area contributed by atoms with Crippen molar-refractivity contribution in [1.29, 1.82) is 0 Å². The van der Waals surface area contributed by atoms with Gasteiger partial charge in [-0.05, 0) is 23.6 Å². The third kappa shape index (κ3) is 2.45. The van der Waals surface area contributed by atoms with Crippen molar-refractivity contribution in [2.75, 3.05) is 0 Å². The minimum atomic E-state index is -0.816. The van der Waals surface area contributed by atoms with E-state index in [0.717, 1.165) is 12.0 Å². The molecule has 2 N–H and O–H groups in total. The maximum absolute atomic E-state index is 10.1. The lowest BCUT2D eigenvalue weighted by Crippen LogP contribution is -2.00. The predicted molar refractivity (Wildman–Crippen MR) is 65.8 cm³/mol. The molecule has 0 radical (unpaired) electrons. The molecule has 1 atom stereocenters.